The monoisotopic (exact) mass is 311 g/mol. The Hall–Kier alpha value is -1.52. The Kier molecular flexibility index (Phi) is 4.68. The second-order valence-corrected chi connectivity index (χ2v) is 5.09. The summed E-state index contributed by atoms with van der Waals surface area (Å²) in [6, 6.07) is 5.15. The molecule has 1 heterocycles. The average Bonchev–Trinajstić information content (AvgIpc) is 2.89. The minimum absolute atomic E-state index is 0.0705. The van der Waals surface area contributed by atoms with Crippen LogP contribution < -0.4 is 0 Å². The number of hydrogen-bond acceptors (Lipinski definition) is 2. The number of halogens is 2. The molecule has 0 saturated carbocycles. The minimum atomic E-state index is -0.0705. The van der Waals surface area contributed by atoms with Crippen molar-refractivity contribution < 1.29 is 4.79 Å². The summed E-state index contributed by atoms with van der Waals surface area (Å²) in [5.41, 5.74) is 1.17. The first-order valence-corrected chi connectivity index (χ1v) is 7.12. The molecule has 2 aromatic rings. The lowest BCUT2D eigenvalue weighted by Crippen LogP contribution is -2.30. The molecular formula is C14H15Cl2N3O. The third-order valence-corrected chi connectivity index (χ3v) is 3.59. The fourth-order valence-electron chi connectivity index (χ4n) is 1.93. The SMILES string of the molecule is CCN(CC)C(=O)c1cnc(-c2ccc(Cl)cc2Cl)[nH]1. The number of amides is 1. The molecule has 0 atom stereocenters. The number of H-pyrrole nitrogens is 1. The topological polar surface area (TPSA) is 49.0 Å². The van der Waals surface area contributed by atoms with Crippen LogP contribution in [0.5, 0.6) is 0 Å². The van der Waals surface area contributed by atoms with E-state index in [0.29, 0.717) is 34.7 Å². The second kappa shape index (κ2) is 6.29. The van der Waals surface area contributed by atoms with Gasteiger partial charge in [-0.3, -0.25) is 4.79 Å². The number of rotatable bonds is 4. The lowest BCUT2D eigenvalue weighted by molar-refractivity contribution is 0.0768. The summed E-state index contributed by atoms with van der Waals surface area (Å²) in [5, 5.41) is 1.05. The van der Waals surface area contributed by atoms with Gasteiger partial charge < -0.3 is 9.88 Å². The lowest BCUT2D eigenvalue weighted by atomic mass is 10.2. The maximum atomic E-state index is 12.2. The summed E-state index contributed by atoms with van der Waals surface area (Å²) in [5.74, 6) is 0.487. The molecule has 0 aliphatic carbocycles. The normalized spacial score (nSPS) is 10.6. The highest BCUT2D eigenvalue weighted by Crippen LogP contribution is 2.28. The highest BCUT2D eigenvalue weighted by Gasteiger charge is 2.16. The molecule has 1 aromatic carbocycles. The van der Waals surface area contributed by atoms with Gasteiger partial charge in [0.05, 0.1) is 11.2 Å². The van der Waals surface area contributed by atoms with Crippen LogP contribution in [0.25, 0.3) is 11.4 Å². The van der Waals surface area contributed by atoms with Crippen molar-refractivity contribution in [1.82, 2.24) is 14.9 Å². The molecule has 1 amide bonds. The van der Waals surface area contributed by atoms with Crippen LogP contribution in [0.1, 0.15) is 24.3 Å². The van der Waals surface area contributed by atoms with Crippen molar-refractivity contribution >= 4 is 29.1 Å². The molecule has 0 spiro atoms. The van der Waals surface area contributed by atoms with Gasteiger partial charge in [0, 0.05) is 23.7 Å². The number of nitrogens with zero attached hydrogens (tertiary/aromatic N) is 2. The van der Waals surface area contributed by atoms with E-state index >= 15 is 0 Å². The Bertz CT molecular complexity index is 621. The van der Waals surface area contributed by atoms with Gasteiger partial charge in [-0.2, -0.15) is 0 Å². The predicted molar refractivity (Wildman–Crippen MR) is 81.3 cm³/mol. The van der Waals surface area contributed by atoms with E-state index in [2.05, 4.69) is 9.97 Å². The Morgan fingerprint density at radius 3 is 2.60 bits per heavy atom. The molecule has 6 heteroatoms. The number of benzene rings is 1. The van der Waals surface area contributed by atoms with Crippen molar-refractivity contribution in [1.29, 1.82) is 0 Å². The summed E-state index contributed by atoms with van der Waals surface area (Å²) >= 11 is 12.0. The molecule has 1 aromatic heterocycles. The van der Waals surface area contributed by atoms with Crippen LogP contribution in [0, 0.1) is 0 Å². The Morgan fingerprint density at radius 1 is 1.30 bits per heavy atom. The van der Waals surface area contributed by atoms with Crippen molar-refractivity contribution in [2.75, 3.05) is 13.1 Å². The maximum Gasteiger partial charge on any atom is 0.271 e. The lowest BCUT2D eigenvalue weighted by Gasteiger charge is -2.17. The first kappa shape index (κ1) is 14.9. The van der Waals surface area contributed by atoms with E-state index in [-0.39, 0.29) is 5.91 Å². The number of aromatic amines is 1. The molecule has 0 radical (unpaired) electrons. The zero-order valence-electron chi connectivity index (χ0n) is 11.3. The highest BCUT2D eigenvalue weighted by atomic mass is 35.5. The molecule has 0 aliphatic rings. The fourth-order valence-corrected chi connectivity index (χ4v) is 2.43. The summed E-state index contributed by atoms with van der Waals surface area (Å²) in [4.78, 5) is 21.1. The standard InChI is InChI=1S/C14H15Cl2N3O/c1-3-19(4-2)14(20)12-8-17-13(18-12)10-6-5-9(15)7-11(10)16/h5-8H,3-4H2,1-2H3,(H,17,18). The zero-order chi connectivity index (χ0) is 14.7. The van der Waals surface area contributed by atoms with Gasteiger partial charge >= 0.3 is 0 Å². The molecule has 0 aliphatic heterocycles. The largest absolute Gasteiger partial charge is 0.338 e. The van der Waals surface area contributed by atoms with Crippen LogP contribution in [-0.4, -0.2) is 33.9 Å². The van der Waals surface area contributed by atoms with Crippen LogP contribution in [0.15, 0.2) is 24.4 Å². The Morgan fingerprint density at radius 2 is 2.00 bits per heavy atom. The van der Waals surface area contributed by atoms with Crippen LogP contribution in [0.4, 0.5) is 0 Å². The number of hydrogen-bond donors (Lipinski definition) is 1. The fraction of sp³-hybridized carbons (Fsp3) is 0.286. The van der Waals surface area contributed by atoms with Gasteiger partial charge in [0.15, 0.2) is 0 Å². The van der Waals surface area contributed by atoms with Crippen LogP contribution in [-0.2, 0) is 0 Å². The third-order valence-electron chi connectivity index (χ3n) is 3.04. The first-order chi connectivity index (χ1) is 9.56. The number of carbonyl (C=O) groups is 1. The summed E-state index contributed by atoms with van der Waals surface area (Å²) in [6.45, 7) is 5.19. The molecular weight excluding hydrogens is 297 g/mol. The molecule has 0 fully saturated rings. The van der Waals surface area contributed by atoms with Crippen molar-refractivity contribution in [2.24, 2.45) is 0 Å². The van der Waals surface area contributed by atoms with E-state index in [1.54, 1.807) is 23.1 Å². The third kappa shape index (κ3) is 2.97. The minimum Gasteiger partial charge on any atom is -0.338 e. The number of aromatic nitrogens is 2. The van der Waals surface area contributed by atoms with Gasteiger partial charge in [0.2, 0.25) is 0 Å². The highest BCUT2D eigenvalue weighted by molar-refractivity contribution is 6.36. The average molecular weight is 312 g/mol. The van der Waals surface area contributed by atoms with E-state index in [1.165, 1.54) is 6.20 Å². The molecule has 106 valence electrons. The van der Waals surface area contributed by atoms with Crippen molar-refractivity contribution in [3.63, 3.8) is 0 Å². The van der Waals surface area contributed by atoms with E-state index in [1.807, 2.05) is 13.8 Å². The van der Waals surface area contributed by atoms with Gasteiger partial charge in [0.1, 0.15) is 11.5 Å². The summed E-state index contributed by atoms with van der Waals surface area (Å²) in [7, 11) is 0. The summed E-state index contributed by atoms with van der Waals surface area (Å²) < 4.78 is 0. The Balaban J connectivity index is 2.31. The zero-order valence-corrected chi connectivity index (χ0v) is 12.8. The van der Waals surface area contributed by atoms with Gasteiger partial charge in [0.25, 0.3) is 5.91 Å². The van der Waals surface area contributed by atoms with E-state index in [9.17, 15) is 4.79 Å². The van der Waals surface area contributed by atoms with E-state index in [4.69, 9.17) is 23.2 Å². The first-order valence-electron chi connectivity index (χ1n) is 6.36. The van der Waals surface area contributed by atoms with Crippen LogP contribution >= 0.6 is 23.2 Å². The summed E-state index contributed by atoms with van der Waals surface area (Å²) in [6.07, 6.45) is 1.53. The molecule has 20 heavy (non-hydrogen) atoms. The maximum absolute atomic E-state index is 12.2. The second-order valence-electron chi connectivity index (χ2n) is 4.25. The number of imidazole rings is 1. The molecule has 0 bridgehead atoms. The Labute approximate surface area is 127 Å². The van der Waals surface area contributed by atoms with Crippen molar-refractivity contribution in [3.8, 4) is 11.4 Å². The molecule has 1 N–H and O–H groups in total. The number of nitrogens with one attached hydrogen (secondary N) is 1. The molecule has 0 unspecified atom stereocenters. The van der Waals surface area contributed by atoms with E-state index in [0.717, 1.165) is 5.56 Å². The van der Waals surface area contributed by atoms with E-state index < -0.39 is 0 Å². The predicted octanol–water partition coefficient (Wildman–Crippen LogP) is 3.87. The van der Waals surface area contributed by atoms with Gasteiger partial charge in [-0.1, -0.05) is 23.2 Å². The van der Waals surface area contributed by atoms with Crippen molar-refractivity contribution in [2.45, 2.75) is 13.8 Å². The van der Waals surface area contributed by atoms with Crippen LogP contribution in [0.2, 0.25) is 10.0 Å². The molecule has 2 rings (SSSR count). The van der Waals surface area contributed by atoms with Crippen LogP contribution in [0.3, 0.4) is 0 Å². The van der Waals surface area contributed by atoms with Gasteiger partial charge in [-0.05, 0) is 32.0 Å². The van der Waals surface area contributed by atoms with Crippen molar-refractivity contribution in [3.05, 3.63) is 40.1 Å². The molecule has 0 saturated heterocycles. The molecule has 4 nitrogen and oxygen atoms in total. The quantitative estimate of drug-likeness (QED) is 0.932. The smallest absolute Gasteiger partial charge is 0.271 e. The van der Waals surface area contributed by atoms with Gasteiger partial charge in [-0.25, -0.2) is 4.98 Å². The van der Waals surface area contributed by atoms with Gasteiger partial charge in [-0.15, -0.1) is 0 Å². The number of carbonyl (C=O) groups excluding carboxylic acids is 1.